The lowest BCUT2D eigenvalue weighted by Crippen LogP contribution is -2.22. The van der Waals surface area contributed by atoms with Crippen LogP contribution in [0.4, 0.5) is 17.1 Å². The second kappa shape index (κ2) is 12.7. The van der Waals surface area contributed by atoms with Gasteiger partial charge in [-0.3, -0.25) is 0 Å². The maximum atomic E-state index is 6.86. The average Bonchev–Trinajstić information content (AvgIpc) is 3.78. The minimum absolute atomic E-state index is 0.342. The van der Waals surface area contributed by atoms with E-state index in [1.54, 1.807) is 0 Å². The van der Waals surface area contributed by atoms with Crippen molar-refractivity contribution in [2.45, 2.75) is 12.3 Å². The van der Waals surface area contributed by atoms with Crippen LogP contribution in [0.5, 0.6) is 0 Å². The number of rotatable bonds is 6. The first kappa shape index (κ1) is 32.3. The highest BCUT2D eigenvalue weighted by Crippen LogP contribution is 2.54. The fraction of sp³-hybridized carbons (Fsp3) is 0.0370. The molecule has 0 N–H and O–H groups in total. The van der Waals surface area contributed by atoms with Crippen LogP contribution in [0.1, 0.15) is 23.6 Å². The van der Waals surface area contributed by atoms with Crippen LogP contribution in [-0.4, -0.2) is 0 Å². The van der Waals surface area contributed by atoms with Gasteiger partial charge >= 0.3 is 0 Å². The van der Waals surface area contributed by atoms with Gasteiger partial charge in [-0.1, -0.05) is 170 Å². The average molecular weight is 716 g/mol. The van der Waals surface area contributed by atoms with Gasteiger partial charge in [0.2, 0.25) is 0 Å². The van der Waals surface area contributed by atoms with Crippen molar-refractivity contribution in [3.05, 3.63) is 223 Å². The number of benzene rings is 9. The number of fused-ring (bicyclic) bond motifs is 7. The van der Waals surface area contributed by atoms with Crippen LogP contribution in [0.15, 0.2) is 211 Å². The molecule has 56 heavy (non-hydrogen) atoms. The van der Waals surface area contributed by atoms with E-state index in [9.17, 15) is 0 Å². The lowest BCUT2D eigenvalue weighted by atomic mass is 9.74. The highest BCUT2D eigenvalue weighted by atomic mass is 16.3. The van der Waals surface area contributed by atoms with Gasteiger partial charge in [-0.25, -0.2) is 0 Å². The van der Waals surface area contributed by atoms with Gasteiger partial charge in [0.25, 0.3) is 0 Å². The summed E-state index contributed by atoms with van der Waals surface area (Å²) in [6, 6.07) is 74.4. The van der Waals surface area contributed by atoms with Crippen molar-refractivity contribution in [1.29, 1.82) is 0 Å². The molecule has 264 valence electrons. The molecule has 0 unspecified atom stereocenters. The smallest absolute Gasteiger partial charge is 0.139 e. The van der Waals surface area contributed by atoms with Crippen LogP contribution in [0.2, 0.25) is 0 Å². The van der Waals surface area contributed by atoms with E-state index in [0.29, 0.717) is 0 Å². The molecule has 1 heterocycles. The van der Waals surface area contributed by atoms with E-state index < -0.39 is 0 Å². The quantitative estimate of drug-likeness (QED) is 0.170. The molecule has 0 radical (unpaired) electrons. The van der Waals surface area contributed by atoms with Gasteiger partial charge in [-0.15, -0.1) is 0 Å². The molecular formula is C54H37NO. The Morgan fingerprint density at radius 2 is 0.911 bits per heavy atom. The van der Waals surface area contributed by atoms with E-state index >= 15 is 0 Å². The van der Waals surface area contributed by atoms with Crippen LogP contribution in [0, 0.1) is 0 Å². The lowest BCUT2D eigenvalue weighted by molar-refractivity contribution is 0.638. The highest BCUT2D eigenvalue weighted by molar-refractivity contribution is 6.13. The number of hydrogen-bond acceptors (Lipinski definition) is 2. The topological polar surface area (TPSA) is 16.4 Å². The van der Waals surface area contributed by atoms with Crippen molar-refractivity contribution in [3.63, 3.8) is 0 Å². The van der Waals surface area contributed by atoms with Crippen molar-refractivity contribution < 1.29 is 4.42 Å². The van der Waals surface area contributed by atoms with E-state index in [2.05, 4.69) is 218 Å². The second-order valence-electron chi connectivity index (χ2n) is 15.0. The fourth-order valence-corrected chi connectivity index (χ4v) is 9.28. The Morgan fingerprint density at radius 1 is 0.393 bits per heavy atom. The normalized spacial score (nSPS) is 12.9. The molecule has 0 aliphatic heterocycles. The van der Waals surface area contributed by atoms with E-state index in [-0.39, 0.29) is 5.41 Å². The van der Waals surface area contributed by atoms with Crippen LogP contribution >= 0.6 is 0 Å². The van der Waals surface area contributed by atoms with Crippen molar-refractivity contribution >= 4 is 49.8 Å². The highest BCUT2D eigenvalue weighted by Gasteiger charge is 2.42. The maximum absolute atomic E-state index is 6.86. The summed E-state index contributed by atoms with van der Waals surface area (Å²) in [5.41, 5.74) is 16.0. The summed E-state index contributed by atoms with van der Waals surface area (Å²) < 4.78 is 6.86. The van der Waals surface area contributed by atoms with Crippen LogP contribution < -0.4 is 4.90 Å². The van der Waals surface area contributed by atoms with Gasteiger partial charge in [0, 0.05) is 38.5 Å². The molecule has 9 aromatic carbocycles. The largest absolute Gasteiger partial charge is 0.456 e. The zero-order valence-electron chi connectivity index (χ0n) is 31.0. The molecule has 0 bridgehead atoms. The van der Waals surface area contributed by atoms with Crippen LogP contribution in [0.25, 0.3) is 66.1 Å². The molecule has 1 aliphatic carbocycles. The monoisotopic (exact) mass is 715 g/mol. The van der Waals surface area contributed by atoms with Crippen LogP contribution in [-0.2, 0) is 5.41 Å². The van der Waals surface area contributed by atoms with Gasteiger partial charge in [0.1, 0.15) is 11.2 Å². The summed E-state index contributed by atoms with van der Waals surface area (Å²) in [6.07, 6.45) is 0. The summed E-state index contributed by atoms with van der Waals surface area (Å²) in [6.45, 7) is 2.36. The first-order valence-corrected chi connectivity index (χ1v) is 19.3. The van der Waals surface area contributed by atoms with Gasteiger partial charge in [0.05, 0.1) is 5.69 Å². The van der Waals surface area contributed by atoms with Crippen LogP contribution in [0.3, 0.4) is 0 Å². The summed E-state index contributed by atoms with van der Waals surface area (Å²) in [5.74, 6) is 0. The van der Waals surface area contributed by atoms with Gasteiger partial charge in [0.15, 0.2) is 0 Å². The maximum Gasteiger partial charge on any atom is 0.139 e. The number of nitrogens with zero attached hydrogens (tertiary/aromatic N) is 1. The fourth-order valence-electron chi connectivity index (χ4n) is 9.28. The SMILES string of the molecule is CC1(c2cccc3c2oc2cccc(-c4ccc(-c5ccc(N(c6ccccc6)c6cccc7ccccc67)cc5)cc4)c23)c2ccccc2-c2ccccc21. The Morgan fingerprint density at radius 3 is 1.66 bits per heavy atom. The third kappa shape index (κ3) is 4.89. The lowest BCUT2D eigenvalue weighted by Gasteiger charge is -2.28. The van der Waals surface area contributed by atoms with Crippen molar-refractivity contribution in [2.75, 3.05) is 4.90 Å². The zero-order valence-corrected chi connectivity index (χ0v) is 31.0. The molecule has 0 amide bonds. The number of hydrogen-bond donors (Lipinski definition) is 0. The predicted molar refractivity (Wildman–Crippen MR) is 234 cm³/mol. The molecule has 2 nitrogen and oxygen atoms in total. The second-order valence-corrected chi connectivity index (χ2v) is 15.0. The van der Waals surface area contributed by atoms with Gasteiger partial charge < -0.3 is 9.32 Å². The van der Waals surface area contributed by atoms with Gasteiger partial charge in [-0.2, -0.15) is 0 Å². The third-order valence-corrected chi connectivity index (χ3v) is 12.0. The predicted octanol–water partition coefficient (Wildman–Crippen LogP) is 14.9. The Bertz CT molecular complexity index is 3030. The summed E-state index contributed by atoms with van der Waals surface area (Å²) >= 11 is 0. The Hall–Kier alpha value is -7.16. The Kier molecular flexibility index (Phi) is 7.33. The molecule has 11 rings (SSSR count). The first-order valence-electron chi connectivity index (χ1n) is 19.3. The van der Waals surface area contributed by atoms with E-state index in [4.69, 9.17) is 4.42 Å². The summed E-state index contributed by atoms with van der Waals surface area (Å²) in [4.78, 5) is 2.35. The molecule has 0 fully saturated rings. The molecule has 2 heteroatoms. The molecule has 0 saturated carbocycles. The summed E-state index contributed by atoms with van der Waals surface area (Å²) in [5, 5.41) is 4.74. The van der Waals surface area contributed by atoms with E-state index in [1.807, 2.05) is 0 Å². The third-order valence-electron chi connectivity index (χ3n) is 12.0. The summed E-state index contributed by atoms with van der Waals surface area (Å²) in [7, 11) is 0. The minimum atomic E-state index is -0.342. The molecule has 0 atom stereocenters. The van der Waals surface area contributed by atoms with Crippen molar-refractivity contribution in [3.8, 4) is 33.4 Å². The molecular weight excluding hydrogens is 679 g/mol. The van der Waals surface area contributed by atoms with Crippen molar-refractivity contribution in [1.82, 2.24) is 0 Å². The van der Waals surface area contributed by atoms with E-state index in [0.717, 1.165) is 44.6 Å². The zero-order chi connectivity index (χ0) is 37.2. The molecule has 0 spiro atoms. The number of anilines is 3. The Labute approximate surface area is 326 Å². The number of furan rings is 1. The van der Waals surface area contributed by atoms with Crippen molar-refractivity contribution in [2.24, 2.45) is 0 Å². The molecule has 10 aromatic rings. The molecule has 1 aliphatic rings. The van der Waals surface area contributed by atoms with E-state index in [1.165, 1.54) is 55.3 Å². The first-order chi connectivity index (χ1) is 27.7. The molecule has 1 aromatic heterocycles. The molecule has 0 saturated heterocycles. The Balaban J connectivity index is 0.964. The standard InChI is InChI=1S/C54H37NO/c1-54(47-23-9-7-19-44(47)45-20-8-10-24-48(45)54)49-25-12-22-46-52-43(21-13-27-51(52)56-53(46)49)39-30-28-36(29-31-39)37-32-34-41(35-33-37)55(40-16-3-2-4-17-40)50-26-11-15-38-14-5-6-18-42(38)50/h2-35H,1H3. The number of para-hydroxylation sites is 2. The minimum Gasteiger partial charge on any atom is -0.456 e. The van der Waals surface area contributed by atoms with Gasteiger partial charge in [-0.05, 0) is 93.2 Å².